The Bertz CT molecular complexity index is 3510. The van der Waals surface area contributed by atoms with E-state index in [0.29, 0.717) is 0 Å². The van der Waals surface area contributed by atoms with E-state index in [2.05, 4.69) is 215 Å². The molecule has 0 N–H and O–H groups in total. The van der Waals surface area contributed by atoms with Crippen molar-refractivity contribution in [1.29, 1.82) is 0 Å². The van der Waals surface area contributed by atoms with Crippen LogP contribution in [-0.2, 0) is 0 Å². The van der Waals surface area contributed by atoms with E-state index in [0.717, 1.165) is 11.4 Å². The minimum atomic E-state index is 1.16. The molecular formula is C54H34N2S. The molecule has 0 saturated carbocycles. The standard InChI is InChI=1S/C54H34N2S/c1-2-11-35(12-3-1)36-21-26-41(27-22-36)55-49-18-7-4-15-43(49)46-32-38(23-28-51(46)55)39-24-29-52-47(33-39)44-16-5-8-19-50(44)56(52)42-14-10-13-37(31-42)40-25-30-54-48(34-40)45-17-6-9-20-53(45)57-54/h1-34H. The van der Waals surface area contributed by atoms with Crippen LogP contribution in [-0.4, -0.2) is 9.13 Å². The molecule has 12 rings (SSSR count). The first kappa shape index (κ1) is 32.1. The molecule has 12 aromatic rings. The smallest absolute Gasteiger partial charge is 0.0541 e. The van der Waals surface area contributed by atoms with Crippen LogP contribution in [0.1, 0.15) is 0 Å². The van der Waals surface area contributed by atoms with Crippen LogP contribution < -0.4 is 0 Å². The van der Waals surface area contributed by atoms with E-state index < -0.39 is 0 Å². The largest absolute Gasteiger partial charge is 0.309 e. The second-order valence-electron chi connectivity index (χ2n) is 14.9. The lowest BCUT2D eigenvalue weighted by molar-refractivity contribution is 1.18. The SMILES string of the molecule is c1ccc(-c2ccc(-n3c4ccccc4c4cc(-c5ccc6c(c5)c5ccccc5n6-c5cccc(-c6ccc7sc8ccccc8c7c6)c5)ccc43)cc2)cc1. The van der Waals surface area contributed by atoms with Crippen molar-refractivity contribution in [2.75, 3.05) is 0 Å². The predicted octanol–water partition coefficient (Wildman–Crippen LogP) is 15.2. The summed E-state index contributed by atoms with van der Waals surface area (Å²) in [6, 6.07) is 75.7. The summed E-state index contributed by atoms with van der Waals surface area (Å²) in [6.07, 6.45) is 0. The summed E-state index contributed by atoms with van der Waals surface area (Å²) in [6.45, 7) is 0. The molecule has 3 aromatic heterocycles. The normalized spacial score (nSPS) is 11.9. The van der Waals surface area contributed by atoms with Gasteiger partial charge in [0.25, 0.3) is 0 Å². The molecular weight excluding hydrogens is 709 g/mol. The molecule has 0 unspecified atom stereocenters. The Labute approximate surface area is 333 Å². The van der Waals surface area contributed by atoms with Crippen LogP contribution in [0.25, 0.3) is 109 Å². The third kappa shape index (κ3) is 5.10. The van der Waals surface area contributed by atoms with Crippen LogP contribution in [0, 0.1) is 0 Å². The van der Waals surface area contributed by atoms with Gasteiger partial charge in [0.1, 0.15) is 0 Å². The number of benzene rings is 9. The lowest BCUT2D eigenvalue weighted by Gasteiger charge is -2.11. The molecule has 57 heavy (non-hydrogen) atoms. The minimum Gasteiger partial charge on any atom is -0.309 e. The molecule has 9 aromatic carbocycles. The fourth-order valence-electron chi connectivity index (χ4n) is 9.03. The summed E-state index contributed by atoms with van der Waals surface area (Å²) in [5.41, 5.74) is 14.5. The highest BCUT2D eigenvalue weighted by Gasteiger charge is 2.17. The van der Waals surface area contributed by atoms with Gasteiger partial charge in [-0.2, -0.15) is 0 Å². The summed E-state index contributed by atoms with van der Waals surface area (Å²) in [4.78, 5) is 0. The van der Waals surface area contributed by atoms with Crippen molar-refractivity contribution in [3.8, 4) is 44.8 Å². The molecule has 0 spiro atoms. The van der Waals surface area contributed by atoms with Crippen molar-refractivity contribution in [3.63, 3.8) is 0 Å². The number of nitrogens with zero attached hydrogens (tertiary/aromatic N) is 2. The van der Waals surface area contributed by atoms with Gasteiger partial charge in [0.2, 0.25) is 0 Å². The zero-order chi connectivity index (χ0) is 37.5. The molecule has 3 heterocycles. The monoisotopic (exact) mass is 742 g/mol. The van der Waals surface area contributed by atoms with Crippen LogP contribution in [0.5, 0.6) is 0 Å². The molecule has 0 aliphatic rings. The molecule has 2 nitrogen and oxygen atoms in total. The fraction of sp³-hybridized carbons (Fsp3) is 0. The first-order valence-electron chi connectivity index (χ1n) is 19.5. The van der Waals surface area contributed by atoms with Gasteiger partial charge in [-0.1, -0.05) is 127 Å². The zero-order valence-corrected chi connectivity index (χ0v) is 31.7. The van der Waals surface area contributed by atoms with E-state index in [1.54, 1.807) is 0 Å². The van der Waals surface area contributed by atoms with Crippen LogP contribution in [0.3, 0.4) is 0 Å². The molecule has 0 aliphatic carbocycles. The summed E-state index contributed by atoms with van der Waals surface area (Å²) < 4.78 is 7.48. The quantitative estimate of drug-likeness (QED) is 0.166. The predicted molar refractivity (Wildman–Crippen MR) is 244 cm³/mol. The number of para-hydroxylation sites is 2. The van der Waals surface area contributed by atoms with Gasteiger partial charge in [0.15, 0.2) is 0 Å². The van der Waals surface area contributed by atoms with E-state index in [1.807, 2.05) is 11.3 Å². The van der Waals surface area contributed by atoms with Crippen LogP contribution in [0.15, 0.2) is 206 Å². The molecule has 0 fully saturated rings. The highest BCUT2D eigenvalue weighted by Crippen LogP contribution is 2.40. The Morgan fingerprint density at radius 2 is 0.702 bits per heavy atom. The Morgan fingerprint density at radius 3 is 1.39 bits per heavy atom. The van der Waals surface area contributed by atoms with Gasteiger partial charge in [0, 0.05) is 53.1 Å². The first-order valence-corrected chi connectivity index (χ1v) is 20.3. The Morgan fingerprint density at radius 1 is 0.246 bits per heavy atom. The molecule has 3 heteroatoms. The first-order chi connectivity index (χ1) is 28.2. The highest BCUT2D eigenvalue weighted by atomic mass is 32.1. The minimum absolute atomic E-state index is 1.16. The third-order valence-electron chi connectivity index (χ3n) is 11.7. The van der Waals surface area contributed by atoms with Gasteiger partial charge < -0.3 is 9.13 Å². The molecule has 266 valence electrons. The van der Waals surface area contributed by atoms with Crippen molar-refractivity contribution in [1.82, 2.24) is 9.13 Å². The van der Waals surface area contributed by atoms with Gasteiger partial charge in [0.05, 0.1) is 22.1 Å². The second-order valence-corrected chi connectivity index (χ2v) is 16.0. The van der Waals surface area contributed by atoms with E-state index in [-0.39, 0.29) is 0 Å². The number of thiophene rings is 1. The molecule has 0 bridgehead atoms. The summed E-state index contributed by atoms with van der Waals surface area (Å²) in [5, 5.41) is 7.66. The number of fused-ring (bicyclic) bond motifs is 9. The molecule has 0 aliphatic heterocycles. The zero-order valence-electron chi connectivity index (χ0n) is 30.9. The maximum atomic E-state index is 2.43. The van der Waals surface area contributed by atoms with Crippen LogP contribution in [0.2, 0.25) is 0 Å². The number of hydrogen-bond acceptors (Lipinski definition) is 1. The summed E-state index contributed by atoms with van der Waals surface area (Å²) in [7, 11) is 0. The van der Waals surface area contributed by atoms with Gasteiger partial charge >= 0.3 is 0 Å². The fourth-order valence-corrected chi connectivity index (χ4v) is 10.1. The highest BCUT2D eigenvalue weighted by molar-refractivity contribution is 7.25. The van der Waals surface area contributed by atoms with Gasteiger partial charge in [-0.25, -0.2) is 0 Å². The average Bonchev–Trinajstić information content (AvgIpc) is 3.94. The summed E-state index contributed by atoms with van der Waals surface area (Å²) >= 11 is 1.86. The number of rotatable bonds is 5. The molecule has 0 saturated heterocycles. The topological polar surface area (TPSA) is 9.86 Å². The molecule has 0 radical (unpaired) electrons. The second kappa shape index (κ2) is 12.7. The average molecular weight is 743 g/mol. The van der Waals surface area contributed by atoms with E-state index in [4.69, 9.17) is 0 Å². The van der Waals surface area contributed by atoms with Crippen molar-refractivity contribution in [2.24, 2.45) is 0 Å². The van der Waals surface area contributed by atoms with Crippen molar-refractivity contribution in [2.45, 2.75) is 0 Å². The Hall–Kier alpha value is -7.20. The molecule has 0 atom stereocenters. The summed E-state index contributed by atoms with van der Waals surface area (Å²) in [5.74, 6) is 0. The van der Waals surface area contributed by atoms with E-state index in [1.165, 1.54) is 97.2 Å². The van der Waals surface area contributed by atoms with Crippen LogP contribution >= 0.6 is 11.3 Å². The van der Waals surface area contributed by atoms with Gasteiger partial charge in [-0.3, -0.25) is 0 Å². The van der Waals surface area contributed by atoms with E-state index >= 15 is 0 Å². The Kier molecular flexibility index (Phi) is 7.13. The van der Waals surface area contributed by atoms with Gasteiger partial charge in [-0.05, 0) is 112 Å². The lowest BCUT2D eigenvalue weighted by atomic mass is 10.0. The van der Waals surface area contributed by atoms with Crippen molar-refractivity contribution < 1.29 is 0 Å². The number of aromatic nitrogens is 2. The van der Waals surface area contributed by atoms with Crippen LogP contribution in [0.4, 0.5) is 0 Å². The maximum Gasteiger partial charge on any atom is 0.0541 e. The van der Waals surface area contributed by atoms with Crippen molar-refractivity contribution in [3.05, 3.63) is 206 Å². The maximum absolute atomic E-state index is 2.43. The molecule has 0 amide bonds. The Balaban J connectivity index is 0.963. The van der Waals surface area contributed by atoms with Gasteiger partial charge in [-0.15, -0.1) is 11.3 Å². The third-order valence-corrected chi connectivity index (χ3v) is 12.9. The number of hydrogen-bond donors (Lipinski definition) is 0. The lowest BCUT2D eigenvalue weighted by Crippen LogP contribution is -1.94. The van der Waals surface area contributed by atoms with E-state index in [9.17, 15) is 0 Å². The van der Waals surface area contributed by atoms with Crippen molar-refractivity contribution >= 4 is 75.1 Å².